The molecule has 0 aliphatic carbocycles. The summed E-state index contributed by atoms with van der Waals surface area (Å²) in [6, 6.07) is 3.09. The highest BCUT2D eigenvalue weighted by molar-refractivity contribution is 7.78. The summed E-state index contributed by atoms with van der Waals surface area (Å²) >= 11 is 4.12. The highest BCUT2D eigenvalue weighted by atomic mass is 32.1. The molecular formula is C14H4F7NOS. The van der Waals surface area contributed by atoms with E-state index in [-0.39, 0.29) is 0 Å². The molecule has 0 fully saturated rings. The van der Waals surface area contributed by atoms with Crippen molar-refractivity contribution < 1.29 is 35.5 Å². The number of hydrogen-bond donors (Lipinski definition) is 0. The zero-order valence-corrected chi connectivity index (χ0v) is 12.0. The monoisotopic (exact) mass is 367 g/mol. The van der Waals surface area contributed by atoms with Crippen LogP contribution in [-0.2, 0) is 0 Å². The first kappa shape index (κ1) is 17.9. The van der Waals surface area contributed by atoms with Gasteiger partial charge in [-0.3, -0.25) is 0 Å². The van der Waals surface area contributed by atoms with Gasteiger partial charge in [-0.15, -0.1) is 13.2 Å². The minimum absolute atomic E-state index is 0.407. The van der Waals surface area contributed by atoms with Crippen LogP contribution in [0.5, 0.6) is 5.75 Å². The van der Waals surface area contributed by atoms with Gasteiger partial charge in [0.1, 0.15) is 5.75 Å². The Balaban J connectivity index is 2.55. The Morgan fingerprint density at radius 1 is 0.875 bits per heavy atom. The molecule has 126 valence electrons. The molecule has 0 spiro atoms. The van der Waals surface area contributed by atoms with Crippen LogP contribution in [0.15, 0.2) is 29.3 Å². The van der Waals surface area contributed by atoms with Gasteiger partial charge in [-0.05, 0) is 29.9 Å². The largest absolute Gasteiger partial charge is 0.573 e. The van der Waals surface area contributed by atoms with E-state index in [0.29, 0.717) is 0 Å². The molecule has 2 nitrogen and oxygen atoms in total. The zero-order valence-electron chi connectivity index (χ0n) is 11.2. The summed E-state index contributed by atoms with van der Waals surface area (Å²) in [6.07, 6.45) is -4.96. The molecule has 24 heavy (non-hydrogen) atoms. The van der Waals surface area contributed by atoms with Gasteiger partial charge in [0.2, 0.25) is 0 Å². The highest BCUT2D eigenvalue weighted by Gasteiger charge is 2.31. The summed E-state index contributed by atoms with van der Waals surface area (Å²) in [5, 5.41) is 1.58. The van der Waals surface area contributed by atoms with Gasteiger partial charge in [-0.25, -0.2) is 17.6 Å². The van der Waals surface area contributed by atoms with Crippen molar-refractivity contribution >= 4 is 23.1 Å². The molecule has 0 amide bonds. The third-order valence-electron chi connectivity index (χ3n) is 2.77. The van der Waals surface area contributed by atoms with Gasteiger partial charge in [0, 0.05) is 0 Å². The van der Waals surface area contributed by atoms with Gasteiger partial charge in [-0.2, -0.15) is 4.99 Å². The van der Waals surface area contributed by atoms with Crippen LogP contribution in [0, 0.1) is 23.3 Å². The third kappa shape index (κ3) is 3.55. The maximum atomic E-state index is 14.0. The van der Waals surface area contributed by atoms with E-state index in [0.717, 1.165) is 24.3 Å². The topological polar surface area (TPSA) is 21.6 Å². The van der Waals surface area contributed by atoms with Crippen LogP contribution in [0.25, 0.3) is 11.1 Å². The Labute approximate surface area is 135 Å². The zero-order chi connectivity index (χ0) is 18.1. The summed E-state index contributed by atoms with van der Waals surface area (Å²) in [6.45, 7) is 0. The molecule has 0 saturated carbocycles. The highest BCUT2D eigenvalue weighted by Crippen LogP contribution is 2.36. The Morgan fingerprint density at radius 3 is 1.79 bits per heavy atom. The van der Waals surface area contributed by atoms with Crippen LogP contribution in [0.1, 0.15) is 0 Å². The van der Waals surface area contributed by atoms with Crippen molar-refractivity contribution in [3.8, 4) is 16.9 Å². The van der Waals surface area contributed by atoms with Crippen molar-refractivity contribution in [1.82, 2.24) is 0 Å². The molecule has 0 N–H and O–H groups in total. The predicted molar refractivity (Wildman–Crippen MR) is 73.1 cm³/mol. The molecule has 0 bridgehead atoms. The summed E-state index contributed by atoms with van der Waals surface area (Å²) in [5.74, 6) is -7.84. The van der Waals surface area contributed by atoms with Gasteiger partial charge in [-0.1, -0.05) is 12.1 Å². The number of thiocarbonyl (C=S) groups is 1. The second-order valence-electron chi connectivity index (χ2n) is 4.25. The number of hydrogen-bond acceptors (Lipinski definition) is 3. The number of nitrogens with zero attached hydrogens (tertiary/aromatic N) is 1. The van der Waals surface area contributed by atoms with Gasteiger partial charge < -0.3 is 4.74 Å². The predicted octanol–water partition coefficient (Wildman–Crippen LogP) is 5.54. The second kappa shape index (κ2) is 6.58. The van der Waals surface area contributed by atoms with E-state index in [2.05, 4.69) is 21.9 Å². The number of benzene rings is 2. The van der Waals surface area contributed by atoms with Crippen LogP contribution in [0.2, 0.25) is 0 Å². The van der Waals surface area contributed by atoms with E-state index >= 15 is 0 Å². The summed E-state index contributed by atoms with van der Waals surface area (Å²) in [4.78, 5) is 2.91. The van der Waals surface area contributed by atoms with Crippen molar-refractivity contribution in [1.29, 1.82) is 0 Å². The van der Waals surface area contributed by atoms with E-state index in [1.54, 1.807) is 5.16 Å². The van der Waals surface area contributed by atoms with Crippen LogP contribution in [-0.4, -0.2) is 11.5 Å². The van der Waals surface area contributed by atoms with E-state index in [9.17, 15) is 30.7 Å². The molecule has 0 aliphatic heterocycles. The van der Waals surface area contributed by atoms with Crippen LogP contribution in [0.3, 0.4) is 0 Å². The minimum atomic E-state index is -4.96. The normalized spacial score (nSPS) is 11.1. The maximum Gasteiger partial charge on any atom is 0.573 e. The van der Waals surface area contributed by atoms with Gasteiger partial charge >= 0.3 is 6.36 Å². The van der Waals surface area contributed by atoms with Crippen molar-refractivity contribution in [3.63, 3.8) is 0 Å². The number of isothiocyanates is 1. The smallest absolute Gasteiger partial charge is 0.406 e. The lowest BCUT2D eigenvalue weighted by atomic mass is 10.0. The minimum Gasteiger partial charge on any atom is -0.406 e. The molecular weight excluding hydrogens is 363 g/mol. The fourth-order valence-electron chi connectivity index (χ4n) is 1.84. The Hall–Kier alpha value is -2.45. The first-order valence-electron chi connectivity index (χ1n) is 5.95. The molecule has 0 atom stereocenters. The van der Waals surface area contributed by atoms with E-state index < -0.39 is 52.2 Å². The Kier molecular flexibility index (Phi) is 4.91. The molecule has 10 heteroatoms. The van der Waals surface area contributed by atoms with Crippen LogP contribution < -0.4 is 4.74 Å². The SMILES string of the molecule is Fc1c(F)c(-c2ccc(OC(F)(F)F)cc2)c(F)c(F)c1N=C=S. The first-order valence-corrected chi connectivity index (χ1v) is 6.36. The average molecular weight is 367 g/mol. The summed E-state index contributed by atoms with van der Waals surface area (Å²) < 4.78 is 95.2. The standard InChI is InChI=1S/C14H4F7NOS/c15-9-8(10(16)12(18)13(11(9)17)22-5-24)6-1-3-7(4-2-6)23-14(19,20)21/h1-4H. The van der Waals surface area contributed by atoms with Crippen LogP contribution in [0.4, 0.5) is 36.4 Å². The van der Waals surface area contributed by atoms with Gasteiger partial charge in [0.25, 0.3) is 0 Å². The Bertz CT molecular complexity index is 797. The molecule has 2 aromatic carbocycles. The number of ether oxygens (including phenoxy) is 1. The lowest BCUT2D eigenvalue weighted by molar-refractivity contribution is -0.274. The number of alkyl halides is 3. The van der Waals surface area contributed by atoms with Gasteiger partial charge in [0.15, 0.2) is 29.0 Å². The number of aliphatic imine (C=N–C) groups is 1. The third-order valence-corrected chi connectivity index (χ3v) is 2.87. The van der Waals surface area contributed by atoms with E-state index in [1.165, 1.54) is 0 Å². The summed E-state index contributed by atoms with van der Waals surface area (Å²) in [5.41, 5.74) is -2.80. The molecule has 0 aliphatic rings. The number of halogens is 7. The van der Waals surface area contributed by atoms with Crippen molar-refractivity contribution in [3.05, 3.63) is 47.5 Å². The first-order chi connectivity index (χ1) is 11.2. The summed E-state index contributed by atoms with van der Waals surface area (Å²) in [7, 11) is 0. The second-order valence-corrected chi connectivity index (χ2v) is 4.44. The molecule has 0 radical (unpaired) electrons. The molecule has 2 rings (SSSR count). The number of rotatable bonds is 3. The lowest BCUT2D eigenvalue weighted by Crippen LogP contribution is -2.16. The maximum absolute atomic E-state index is 14.0. The Morgan fingerprint density at radius 2 is 1.38 bits per heavy atom. The fourth-order valence-corrected chi connectivity index (χ4v) is 1.93. The quantitative estimate of drug-likeness (QED) is 0.307. The fraction of sp³-hybridized carbons (Fsp3) is 0.0714. The molecule has 2 aromatic rings. The molecule has 0 saturated heterocycles. The molecule has 0 aromatic heterocycles. The van der Waals surface area contributed by atoms with E-state index in [1.807, 2.05) is 0 Å². The average Bonchev–Trinajstić information content (AvgIpc) is 2.50. The van der Waals surface area contributed by atoms with Crippen molar-refractivity contribution in [2.45, 2.75) is 6.36 Å². The molecule has 0 heterocycles. The van der Waals surface area contributed by atoms with Crippen LogP contribution >= 0.6 is 12.2 Å². The lowest BCUT2D eigenvalue weighted by Gasteiger charge is -2.11. The van der Waals surface area contributed by atoms with Gasteiger partial charge in [0.05, 0.1) is 10.7 Å². The van der Waals surface area contributed by atoms with Crippen molar-refractivity contribution in [2.24, 2.45) is 4.99 Å². The van der Waals surface area contributed by atoms with Crippen molar-refractivity contribution in [2.75, 3.05) is 0 Å². The van der Waals surface area contributed by atoms with E-state index in [4.69, 9.17) is 0 Å². The molecule has 0 unspecified atom stereocenters.